The number of anilines is 4. The van der Waals surface area contributed by atoms with Crippen LogP contribution in [-0.2, 0) is 21.2 Å². The van der Waals surface area contributed by atoms with E-state index in [1.165, 1.54) is 30.5 Å². The number of carbonyl (C=O) groups excluding carboxylic acids is 1. The van der Waals surface area contributed by atoms with Gasteiger partial charge in [-0.15, -0.1) is 0 Å². The van der Waals surface area contributed by atoms with Crippen LogP contribution in [0.3, 0.4) is 0 Å². The Balaban J connectivity index is 1.24. The zero-order valence-electron chi connectivity index (χ0n) is 20.9. The second kappa shape index (κ2) is 12.9. The molecule has 0 unspecified atom stereocenters. The van der Waals surface area contributed by atoms with E-state index < -0.39 is 16.1 Å². The predicted molar refractivity (Wildman–Crippen MR) is 151 cm³/mol. The lowest BCUT2D eigenvalue weighted by molar-refractivity contribution is -0.105. The Bertz CT molecular complexity index is 1480. The van der Waals surface area contributed by atoms with Crippen LogP contribution in [0.1, 0.15) is 17.2 Å². The van der Waals surface area contributed by atoms with Crippen LogP contribution < -0.4 is 20.7 Å². The lowest BCUT2D eigenvalue weighted by atomic mass is 10.1. The minimum absolute atomic E-state index is 0.0668. The van der Waals surface area contributed by atoms with Crippen LogP contribution in [0.4, 0.5) is 22.9 Å². The molecule has 0 bridgehead atoms. The Morgan fingerprint density at radius 1 is 0.923 bits per heavy atom. The first-order valence-electron chi connectivity index (χ1n) is 12.2. The number of pyridine rings is 1. The number of sulfonamides is 1. The van der Waals surface area contributed by atoms with Gasteiger partial charge in [-0.25, -0.2) is 13.4 Å². The molecule has 0 saturated heterocycles. The number of aliphatic hydroxyl groups excluding tert-OH is 1. The third kappa shape index (κ3) is 7.77. The highest BCUT2D eigenvalue weighted by molar-refractivity contribution is 7.92. The van der Waals surface area contributed by atoms with Crippen LogP contribution in [-0.4, -0.2) is 43.1 Å². The number of nitrogens with one attached hydrogen (secondary N) is 4. The first-order valence-corrected chi connectivity index (χ1v) is 13.6. The van der Waals surface area contributed by atoms with Crippen molar-refractivity contribution < 1.29 is 23.4 Å². The summed E-state index contributed by atoms with van der Waals surface area (Å²) in [6.07, 6.45) is 1.94. The van der Waals surface area contributed by atoms with Crippen molar-refractivity contribution in [3.63, 3.8) is 0 Å². The van der Waals surface area contributed by atoms with Gasteiger partial charge in [-0.1, -0.05) is 24.3 Å². The third-order valence-corrected chi connectivity index (χ3v) is 7.23. The highest BCUT2D eigenvalue weighted by Gasteiger charge is 2.14. The van der Waals surface area contributed by atoms with Gasteiger partial charge in [0.2, 0.25) is 6.41 Å². The van der Waals surface area contributed by atoms with Crippen LogP contribution in [0.2, 0.25) is 0 Å². The molecule has 39 heavy (non-hydrogen) atoms. The van der Waals surface area contributed by atoms with Gasteiger partial charge in [-0.05, 0) is 84.8 Å². The van der Waals surface area contributed by atoms with E-state index in [9.17, 15) is 23.4 Å². The van der Waals surface area contributed by atoms with Gasteiger partial charge in [-0.2, -0.15) is 0 Å². The minimum Gasteiger partial charge on any atom is -0.506 e. The zero-order valence-corrected chi connectivity index (χ0v) is 21.7. The van der Waals surface area contributed by atoms with E-state index in [1.807, 2.05) is 24.3 Å². The molecule has 4 rings (SSSR count). The summed E-state index contributed by atoms with van der Waals surface area (Å²) in [6.45, 7) is 0.956. The highest BCUT2D eigenvalue weighted by Crippen LogP contribution is 2.26. The number of nitrogens with zero attached hydrogens (tertiary/aromatic N) is 1. The van der Waals surface area contributed by atoms with E-state index in [1.54, 1.807) is 36.4 Å². The molecule has 0 saturated carbocycles. The molecular formula is C28H29N5O5S. The summed E-state index contributed by atoms with van der Waals surface area (Å²) >= 11 is 0. The fourth-order valence-corrected chi connectivity index (χ4v) is 4.80. The second-order valence-corrected chi connectivity index (χ2v) is 10.4. The van der Waals surface area contributed by atoms with Gasteiger partial charge in [-0.3, -0.25) is 9.52 Å². The SMILES string of the molecule is O=CNc1cc([C@@H](O)CNCCc2ccc(Nc3ccc(S(=O)(=O)Nc4ccccn4)cc3)cc2)ccc1O. The zero-order chi connectivity index (χ0) is 27.7. The quantitative estimate of drug-likeness (QED) is 0.0841. The molecule has 0 spiro atoms. The van der Waals surface area contributed by atoms with Crippen molar-refractivity contribution in [3.05, 3.63) is 102 Å². The van der Waals surface area contributed by atoms with E-state index in [-0.39, 0.29) is 22.2 Å². The molecule has 4 aromatic rings. The summed E-state index contributed by atoms with van der Waals surface area (Å²) in [5.41, 5.74) is 3.53. The van der Waals surface area contributed by atoms with E-state index >= 15 is 0 Å². The van der Waals surface area contributed by atoms with E-state index in [4.69, 9.17) is 0 Å². The fourth-order valence-electron chi connectivity index (χ4n) is 3.79. The number of benzene rings is 3. The minimum atomic E-state index is -3.73. The maximum Gasteiger partial charge on any atom is 0.263 e. The molecule has 10 nitrogen and oxygen atoms in total. The molecular weight excluding hydrogens is 518 g/mol. The smallest absolute Gasteiger partial charge is 0.263 e. The summed E-state index contributed by atoms with van der Waals surface area (Å²) in [6, 6.07) is 23.9. The van der Waals surface area contributed by atoms with Gasteiger partial charge >= 0.3 is 0 Å². The molecule has 3 aromatic carbocycles. The number of aromatic nitrogens is 1. The average Bonchev–Trinajstić information content (AvgIpc) is 2.94. The van der Waals surface area contributed by atoms with Gasteiger partial charge < -0.3 is 26.2 Å². The van der Waals surface area contributed by atoms with Crippen LogP contribution in [0.15, 0.2) is 96.0 Å². The van der Waals surface area contributed by atoms with Crippen molar-refractivity contribution in [1.29, 1.82) is 0 Å². The topological polar surface area (TPSA) is 153 Å². The van der Waals surface area contributed by atoms with E-state index in [0.717, 1.165) is 23.4 Å². The lowest BCUT2D eigenvalue weighted by Crippen LogP contribution is -2.23. The Labute approximate surface area is 226 Å². The number of amides is 1. The van der Waals surface area contributed by atoms with Gasteiger partial charge in [0.1, 0.15) is 11.6 Å². The second-order valence-electron chi connectivity index (χ2n) is 8.68. The maximum atomic E-state index is 12.6. The first kappa shape index (κ1) is 27.6. The van der Waals surface area contributed by atoms with E-state index in [0.29, 0.717) is 25.1 Å². The van der Waals surface area contributed by atoms with Crippen molar-refractivity contribution in [1.82, 2.24) is 10.3 Å². The molecule has 0 radical (unpaired) electrons. The molecule has 0 aliphatic heterocycles. The number of rotatable bonds is 13. The Morgan fingerprint density at radius 2 is 1.64 bits per heavy atom. The van der Waals surface area contributed by atoms with Gasteiger partial charge in [0.05, 0.1) is 16.7 Å². The monoisotopic (exact) mass is 547 g/mol. The molecule has 1 amide bonds. The highest BCUT2D eigenvalue weighted by atomic mass is 32.2. The lowest BCUT2D eigenvalue weighted by Gasteiger charge is -2.14. The molecule has 11 heteroatoms. The number of hydrogen-bond donors (Lipinski definition) is 6. The van der Waals surface area contributed by atoms with Crippen LogP contribution >= 0.6 is 0 Å². The molecule has 0 fully saturated rings. The third-order valence-electron chi connectivity index (χ3n) is 5.86. The van der Waals surface area contributed by atoms with Crippen LogP contribution in [0, 0.1) is 0 Å². The summed E-state index contributed by atoms with van der Waals surface area (Å²) in [5, 5.41) is 29.0. The van der Waals surface area contributed by atoms with Gasteiger partial charge in [0.25, 0.3) is 10.0 Å². The number of hydrogen-bond acceptors (Lipinski definition) is 8. The Morgan fingerprint density at radius 3 is 2.31 bits per heavy atom. The molecule has 0 aliphatic carbocycles. The Kier molecular flexibility index (Phi) is 9.10. The average molecular weight is 548 g/mol. The predicted octanol–water partition coefficient (Wildman–Crippen LogP) is 3.77. The first-order chi connectivity index (χ1) is 18.8. The standard InChI is InChI=1S/C28H29N5O5S/c34-19-31-25-17-21(6-13-26(25)35)27(36)18-29-16-14-20-4-7-22(8-5-20)32-23-9-11-24(12-10-23)39(37,38)33-28-3-1-2-15-30-28/h1-13,15,17,19,27,29,32,35-36H,14,16,18H2,(H,30,33)(H,31,34)/t27-/m0/s1. The summed E-state index contributed by atoms with van der Waals surface area (Å²) < 4.78 is 27.6. The van der Waals surface area contributed by atoms with Crippen molar-refractivity contribution in [2.75, 3.05) is 28.4 Å². The number of aliphatic hydroxyl groups is 1. The van der Waals surface area contributed by atoms with Crippen molar-refractivity contribution in [2.24, 2.45) is 0 Å². The largest absolute Gasteiger partial charge is 0.506 e. The molecule has 6 N–H and O–H groups in total. The number of phenolic OH excluding ortho intramolecular Hbond substituents is 1. The van der Waals surface area contributed by atoms with Crippen LogP contribution in [0.25, 0.3) is 0 Å². The van der Waals surface area contributed by atoms with Gasteiger partial charge in [0, 0.05) is 24.1 Å². The molecule has 1 aromatic heterocycles. The molecule has 1 heterocycles. The summed E-state index contributed by atoms with van der Waals surface area (Å²) in [7, 11) is -3.73. The maximum absolute atomic E-state index is 12.6. The number of carbonyl (C=O) groups is 1. The van der Waals surface area contributed by atoms with Crippen molar-refractivity contribution in [3.8, 4) is 5.75 Å². The van der Waals surface area contributed by atoms with E-state index in [2.05, 4.69) is 25.7 Å². The number of aromatic hydroxyl groups is 1. The number of phenols is 1. The summed E-state index contributed by atoms with van der Waals surface area (Å²) in [4.78, 5) is 14.8. The van der Waals surface area contributed by atoms with Crippen molar-refractivity contribution >= 4 is 39.3 Å². The molecule has 0 aliphatic rings. The fraction of sp³-hybridized carbons (Fsp3) is 0.143. The van der Waals surface area contributed by atoms with Gasteiger partial charge in [0.15, 0.2) is 0 Å². The molecule has 1 atom stereocenters. The van der Waals surface area contributed by atoms with Crippen LogP contribution in [0.5, 0.6) is 5.75 Å². The normalized spacial score (nSPS) is 11.9. The van der Waals surface area contributed by atoms with Crippen molar-refractivity contribution in [2.45, 2.75) is 17.4 Å². The Hall–Kier alpha value is -4.45. The summed E-state index contributed by atoms with van der Waals surface area (Å²) in [5.74, 6) is 0.188. The molecule has 202 valence electrons.